The van der Waals surface area contributed by atoms with Crippen molar-refractivity contribution in [2.45, 2.75) is 40.8 Å². The number of hydrogen-bond acceptors (Lipinski definition) is 2. The molecule has 0 unspecified atom stereocenters. The predicted molar refractivity (Wildman–Crippen MR) is 122 cm³/mol. The number of benzene rings is 2. The maximum Gasteiger partial charge on any atom is 0.254 e. The van der Waals surface area contributed by atoms with Gasteiger partial charge in [-0.25, -0.2) is 4.68 Å². The highest BCUT2D eigenvalue weighted by molar-refractivity contribution is 5.95. The van der Waals surface area contributed by atoms with Gasteiger partial charge in [-0.05, 0) is 75.2 Å². The van der Waals surface area contributed by atoms with Crippen LogP contribution in [0.3, 0.4) is 0 Å². The van der Waals surface area contributed by atoms with Crippen molar-refractivity contribution in [2.24, 2.45) is 0 Å². The summed E-state index contributed by atoms with van der Waals surface area (Å²) in [5, 5.41) is 4.95. The van der Waals surface area contributed by atoms with Gasteiger partial charge in [-0.2, -0.15) is 5.10 Å². The Labute approximate surface area is 182 Å². The van der Waals surface area contributed by atoms with E-state index in [-0.39, 0.29) is 5.91 Å². The van der Waals surface area contributed by atoms with Crippen LogP contribution in [0.1, 0.15) is 43.9 Å². The van der Waals surface area contributed by atoms with Gasteiger partial charge in [0, 0.05) is 23.5 Å². The third-order valence-electron chi connectivity index (χ3n) is 6.07. The lowest BCUT2D eigenvalue weighted by molar-refractivity contribution is 0.0749. The highest BCUT2D eigenvalue weighted by Crippen LogP contribution is 2.32. The predicted octanol–water partition coefficient (Wildman–Crippen LogP) is 5.05. The fraction of sp³-hybridized carbons (Fsp3) is 0.231. The molecule has 2 aromatic heterocycles. The van der Waals surface area contributed by atoms with Gasteiger partial charge in [0.25, 0.3) is 5.91 Å². The molecule has 2 aromatic carbocycles. The summed E-state index contributed by atoms with van der Waals surface area (Å²) < 4.78 is 4.10. The van der Waals surface area contributed by atoms with E-state index in [0.29, 0.717) is 13.1 Å². The average Bonchev–Trinajstić information content (AvgIpc) is 3.44. The first-order valence-electron chi connectivity index (χ1n) is 10.6. The van der Waals surface area contributed by atoms with Crippen molar-refractivity contribution in [3.8, 4) is 11.5 Å². The summed E-state index contributed by atoms with van der Waals surface area (Å²) in [6, 6.07) is 16.5. The standard InChI is InChI=1S/C26H26N4O/c1-17-11-18(2)13-21(12-17)26(31)29-15-23-24(16-29)27-30(25(23)28-9-5-6-10-28)22-8-7-19(3)20(4)14-22/h5-14H,15-16H2,1-4H3. The molecule has 0 radical (unpaired) electrons. The fourth-order valence-corrected chi connectivity index (χ4v) is 4.40. The monoisotopic (exact) mass is 410 g/mol. The minimum Gasteiger partial charge on any atom is -0.328 e. The number of carbonyl (C=O) groups excluding carboxylic acids is 1. The molecule has 5 nitrogen and oxygen atoms in total. The third-order valence-corrected chi connectivity index (χ3v) is 6.07. The molecule has 0 fully saturated rings. The SMILES string of the molecule is Cc1cc(C)cc(C(=O)N2Cc3nn(-c4ccc(C)c(C)c4)c(-n4cccc4)c3C2)c1. The normalized spacial score (nSPS) is 13.0. The quantitative estimate of drug-likeness (QED) is 0.474. The zero-order valence-electron chi connectivity index (χ0n) is 18.4. The van der Waals surface area contributed by atoms with Crippen LogP contribution in [0.15, 0.2) is 60.9 Å². The number of amides is 1. The summed E-state index contributed by atoms with van der Waals surface area (Å²) in [5.41, 5.74) is 8.54. The Bertz CT molecular complexity index is 1280. The number of carbonyl (C=O) groups is 1. The van der Waals surface area contributed by atoms with Gasteiger partial charge >= 0.3 is 0 Å². The van der Waals surface area contributed by atoms with E-state index >= 15 is 0 Å². The third kappa shape index (κ3) is 3.36. The van der Waals surface area contributed by atoms with Crippen LogP contribution >= 0.6 is 0 Å². The molecule has 1 aliphatic heterocycles. The first-order chi connectivity index (χ1) is 14.9. The van der Waals surface area contributed by atoms with E-state index in [1.807, 2.05) is 60.1 Å². The number of aryl methyl sites for hydroxylation is 4. The van der Waals surface area contributed by atoms with Crippen molar-refractivity contribution in [3.63, 3.8) is 0 Å². The van der Waals surface area contributed by atoms with Gasteiger partial charge in [-0.1, -0.05) is 23.3 Å². The molecule has 0 aliphatic carbocycles. The van der Waals surface area contributed by atoms with Crippen molar-refractivity contribution in [2.75, 3.05) is 0 Å². The molecule has 0 N–H and O–H groups in total. The molecule has 1 aliphatic rings. The molecule has 0 spiro atoms. The zero-order chi connectivity index (χ0) is 21.7. The summed E-state index contributed by atoms with van der Waals surface area (Å²) >= 11 is 0. The molecule has 5 rings (SSSR count). The second-order valence-corrected chi connectivity index (χ2v) is 8.56. The first kappa shape index (κ1) is 19.4. The van der Waals surface area contributed by atoms with Gasteiger partial charge in [0.05, 0.1) is 24.5 Å². The lowest BCUT2D eigenvalue weighted by Crippen LogP contribution is -2.26. The highest BCUT2D eigenvalue weighted by atomic mass is 16.2. The van der Waals surface area contributed by atoms with Crippen molar-refractivity contribution < 1.29 is 4.79 Å². The largest absolute Gasteiger partial charge is 0.328 e. The Morgan fingerprint density at radius 1 is 0.871 bits per heavy atom. The summed E-state index contributed by atoms with van der Waals surface area (Å²) in [5.74, 6) is 1.06. The Morgan fingerprint density at radius 2 is 1.58 bits per heavy atom. The van der Waals surface area contributed by atoms with E-state index in [4.69, 9.17) is 5.10 Å². The van der Waals surface area contributed by atoms with E-state index in [2.05, 4.69) is 42.7 Å². The van der Waals surface area contributed by atoms with Gasteiger partial charge < -0.3 is 9.47 Å². The van der Waals surface area contributed by atoms with Gasteiger partial charge in [-0.3, -0.25) is 4.79 Å². The molecule has 5 heteroatoms. The lowest BCUT2D eigenvalue weighted by Gasteiger charge is -2.18. The molecule has 3 heterocycles. The minimum atomic E-state index is 0.0565. The molecule has 0 bridgehead atoms. The molecule has 0 atom stereocenters. The van der Waals surface area contributed by atoms with Gasteiger partial charge in [0.15, 0.2) is 0 Å². The molecule has 0 saturated carbocycles. The Balaban J connectivity index is 1.55. The Hall–Kier alpha value is -3.60. The summed E-state index contributed by atoms with van der Waals surface area (Å²) in [7, 11) is 0. The number of rotatable bonds is 3. The van der Waals surface area contributed by atoms with Crippen LogP contribution in [0.4, 0.5) is 0 Å². The van der Waals surface area contributed by atoms with Crippen LogP contribution in [0.2, 0.25) is 0 Å². The van der Waals surface area contributed by atoms with Crippen molar-refractivity contribution in [1.82, 2.24) is 19.2 Å². The minimum absolute atomic E-state index is 0.0565. The summed E-state index contributed by atoms with van der Waals surface area (Å²) in [4.78, 5) is 15.1. The highest BCUT2D eigenvalue weighted by Gasteiger charge is 2.32. The van der Waals surface area contributed by atoms with E-state index < -0.39 is 0 Å². The van der Waals surface area contributed by atoms with E-state index in [9.17, 15) is 4.79 Å². The Kier molecular flexibility index (Phi) is 4.54. The second kappa shape index (κ2) is 7.27. The van der Waals surface area contributed by atoms with E-state index in [1.165, 1.54) is 11.1 Å². The molecule has 156 valence electrons. The molecule has 0 saturated heterocycles. The van der Waals surface area contributed by atoms with Crippen LogP contribution in [-0.4, -0.2) is 25.2 Å². The second-order valence-electron chi connectivity index (χ2n) is 8.56. The Morgan fingerprint density at radius 3 is 2.26 bits per heavy atom. The van der Waals surface area contributed by atoms with Crippen LogP contribution in [0.5, 0.6) is 0 Å². The topological polar surface area (TPSA) is 43.1 Å². The summed E-state index contributed by atoms with van der Waals surface area (Å²) in [6.45, 7) is 9.37. The van der Waals surface area contributed by atoms with Crippen LogP contribution in [-0.2, 0) is 13.1 Å². The molecule has 1 amide bonds. The number of hydrogen-bond donors (Lipinski definition) is 0. The summed E-state index contributed by atoms with van der Waals surface area (Å²) in [6.07, 6.45) is 4.06. The van der Waals surface area contributed by atoms with Crippen LogP contribution < -0.4 is 0 Å². The van der Waals surface area contributed by atoms with Crippen molar-refractivity contribution in [3.05, 3.63) is 100.0 Å². The van der Waals surface area contributed by atoms with Gasteiger partial charge in [0.1, 0.15) is 5.82 Å². The zero-order valence-corrected chi connectivity index (χ0v) is 18.4. The fourth-order valence-electron chi connectivity index (χ4n) is 4.40. The number of aromatic nitrogens is 3. The first-order valence-corrected chi connectivity index (χ1v) is 10.6. The van der Waals surface area contributed by atoms with Crippen molar-refractivity contribution in [1.29, 1.82) is 0 Å². The van der Waals surface area contributed by atoms with Crippen LogP contribution in [0, 0.1) is 27.7 Å². The van der Waals surface area contributed by atoms with E-state index in [0.717, 1.165) is 39.5 Å². The van der Waals surface area contributed by atoms with E-state index in [1.54, 1.807) is 0 Å². The molecule has 31 heavy (non-hydrogen) atoms. The maximum absolute atomic E-state index is 13.2. The van der Waals surface area contributed by atoms with Crippen LogP contribution in [0.25, 0.3) is 11.5 Å². The maximum atomic E-state index is 13.2. The lowest BCUT2D eigenvalue weighted by atomic mass is 10.1. The smallest absolute Gasteiger partial charge is 0.254 e. The number of nitrogens with zero attached hydrogens (tertiary/aromatic N) is 4. The molecular weight excluding hydrogens is 384 g/mol. The van der Waals surface area contributed by atoms with Crippen molar-refractivity contribution >= 4 is 5.91 Å². The molecular formula is C26H26N4O. The van der Waals surface area contributed by atoms with Gasteiger partial charge in [0.2, 0.25) is 0 Å². The van der Waals surface area contributed by atoms with Gasteiger partial charge in [-0.15, -0.1) is 0 Å². The molecule has 4 aromatic rings. The average molecular weight is 411 g/mol. The number of fused-ring (bicyclic) bond motifs is 1.